The van der Waals surface area contributed by atoms with Crippen molar-refractivity contribution in [3.63, 3.8) is 0 Å². The monoisotopic (exact) mass is 367 g/mol. The topological polar surface area (TPSA) is 77.7 Å². The van der Waals surface area contributed by atoms with Crippen LogP contribution in [-0.2, 0) is 4.79 Å². The van der Waals surface area contributed by atoms with Gasteiger partial charge in [0.2, 0.25) is 12.7 Å². The number of hydrogen-bond acceptors (Lipinski definition) is 6. The average molecular weight is 367 g/mol. The zero-order valence-corrected chi connectivity index (χ0v) is 14.1. The molecule has 3 aromatic rings. The second kappa shape index (κ2) is 6.08. The predicted molar refractivity (Wildman–Crippen MR) is 92.0 cm³/mol. The Morgan fingerprint density at radius 3 is 2.74 bits per heavy atom. The van der Waals surface area contributed by atoms with E-state index in [0.717, 1.165) is 5.56 Å². The first-order valence-corrected chi connectivity index (χ1v) is 8.47. The molecule has 2 aliphatic rings. The molecule has 1 saturated heterocycles. The van der Waals surface area contributed by atoms with Crippen LogP contribution < -0.4 is 14.4 Å². The van der Waals surface area contributed by atoms with Crippen molar-refractivity contribution >= 4 is 11.6 Å². The van der Waals surface area contributed by atoms with Gasteiger partial charge in [0.1, 0.15) is 5.82 Å². The van der Waals surface area contributed by atoms with Gasteiger partial charge in [0, 0.05) is 30.1 Å². The zero-order chi connectivity index (χ0) is 18.4. The van der Waals surface area contributed by atoms with Crippen LogP contribution in [0.4, 0.5) is 10.1 Å². The molecule has 0 N–H and O–H groups in total. The lowest BCUT2D eigenvalue weighted by molar-refractivity contribution is -0.117. The van der Waals surface area contributed by atoms with E-state index in [1.165, 1.54) is 12.1 Å². The summed E-state index contributed by atoms with van der Waals surface area (Å²) in [6.45, 7) is 0.613. The normalized spacial score (nSPS) is 18.3. The minimum Gasteiger partial charge on any atom is -0.454 e. The van der Waals surface area contributed by atoms with Gasteiger partial charge in [-0.15, -0.1) is 0 Å². The van der Waals surface area contributed by atoms with Crippen molar-refractivity contribution in [3.05, 3.63) is 54.1 Å². The van der Waals surface area contributed by atoms with Crippen LogP contribution in [0, 0.1) is 5.82 Å². The van der Waals surface area contributed by atoms with Gasteiger partial charge in [0.05, 0.1) is 0 Å². The summed E-state index contributed by atoms with van der Waals surface area (Å²) in [5, 5.41) is 4.05. The molecule has 3 heterocycles. The molecule has 0 bridgehead atoms. The van der Waals surface area contributed by atoms with Gasteiger partial charge in [-0.2, -0.15) is 4.98 Å². The van der Waals surface area contributed by atoms with E-state index in [1.54, 1.807) is 29.2 Å². The Balaban J connectivity index is 1.37. The van der Waals surface area contributed by atoms with Gasteiger partial charge in [-0.1, -0.05) is 5.16 Å². The Kier molecular flexibility index (Phi) is 3.56. The summed E-state index contributed by atoms with van der Waals surface area (Å²) in [7, 11) is 0. The Morgan fingerprint density at radius 1 is 1.07 bits per heavy atom. The van der Waals surface area contributed by atoms with E-state index in [0.29, 0.717) is 35.4 Å². The van der Waals surface area contributed by atoms with Crippen molar-refractivity contribution in [3.8, 4) is 23.0 Å². The Labute approximate surface area is 153 Å². The number of carbonyl (C=O) groups is 1. The van der Waals surface area contributed by atoms with Crippen LogP contribution in [0.25, 0.3) is 11.5 Å². The third-order valence-electron chi connectivity index (χ3n) is 4.69. The third kappa shape index (κ3) is 2.79. The maximum Gasteiger partial charge on any atom is 0.258 e. The Morgan fingerprint density at radius 2 is 1.89 bits per heavy atom. The van der Waals surface area contributed by atoms with Gasteiger partial charge in [-0.25, -0.2) is 4.39 Å². The van der Waals surface area contributed by atoms with E-state index in [2.05, 4.69) is 10.1 Å². The van der Waals surface area contributed by atoms with E-state index < -0.39 is 0 Å². The molecule has 2 aliphatic heterocycles. The van der Waals surface area contributed by atoms with E-state index in [1.807, 2.05) is 6.07 Å². The maximum absolute atomic E-state index is 13.1. The fourth-order valence-corrected chi connectivity index (χ4v) is 3.30. The van der Waals surface area contributed by atoms with Crippen molar-refractivity contribution in [1.82, 2.24) is 10.1 Å². The molecule has 0 aliphatic carbocycles. The number of carbonyl (C=O) groups excluding carboxylic acids is 1. The van der Waals surface area contributed by atoms with Crippen LogP contribution in [0.2, 0.25) is 0 Å². The number of halogens is 1. The van der Waals surface area contributed by atoms with Gasteiger partial charge < -0.3 is 18.9 Å². The van der Waals surface area contributed by atoms with Crippen molar-refractivity contribution in [2.45, 2.75) is 12.3 Å². The highest BCUT2D eigenvalue weighted by Crippen LogP contribution is 2.36. The Hall–Kier alpha value is -3.42. The van der Waals surface area contributed by atoms with Crippen LogP contribution in [0.15, 0.2) is 47.0 Å². The predicted octanol–water partition coefficient (Wildman–Crippen LogP) is 3.12. The van der Waals surface area contributed by atoms with Gasteiger partial charge in [-0.05, 0) is 42.5 Å². The van der Waals surface area contributed by atoms with Gasteiger partial charge >= 0.3 is 0 Å². The lowest BCUT2D eigenvalue weighted by atomic mass is 10.1. The molecule has 136 valence electrons. The molecule has 5 rings (SSSR count). The molecule has 1 aromatic heterocycles. The molecule has 0 radical (unpaired) electrons. The molecule has 8 heteroatoms. The highest BCUT2D eigenvalue weighted by molar-refractivity contribution is 5.96. The molecule has 0 spiro atoms. The van der Waals surface area contributed by atoms with Crippen LogP contribution in [-0.4, -0.2) is 29.4 Å². The van der Waals surface area contributed by atoms with Crippen LogP contribution in [0.5, 0.6) is 11.5 Å². The first-order valence-electron chi connectivity index (χ1n) is 8.47. The fourth-order valence-electron chi connectivity index (χ4n) is 3.30. The molecule has 7 nitrogen and oxygen atoms in total. The third-order valence-corrected chi connectivity index (χ3v) is 4.69. The first kappa shape index (κ1) is 15.8. The zero-order valence-electron chi connectivity index (χ0n) is 14.1. The molecule has 0 saturated carbocycles. The van der Waals surface area contributed by atoms with Gasteiger partial charge in [-0.3, -0.25) is 4.79 Å². The second-order valence-electron chi connectivity index (χ2n) is 6.41. The molecule has 2 aromatic carbocycles. The molecule has 1 unspecified atom stereocenters. The van der Waals surface area contributed by atoms with Crippen LogP contribution in [0.3, 0.4) is 0 Å². The molecular weight excluding hydrogens is 353 g/mol. The summed E-state index contributed by atoms with van der Waals surface area (Å²) in [5.74, 6) is 1.56. The standard InChI is InChI=1S/C19H14FN3O4/c20-13-2-4-14(5-3-13)23-9-12(8-17(23)24)18-21-19(27-22-18)11-1-6-15-16(7-11)26-10-25-15/h1-7,12H,8-10H2. The number of benzene rings is 2. The number of hydrogen-bond donors (Lipinski definition) is 0. The summed E-state index contributed by atoms with van der Waals surface area (Å²) in [6, 6.07) is 11.2. The molecule has 1 amide bonds. The number of fused-ring (bicyclic) bond motifs is 1. The number of ether oxygens (including phenoxy) is 2. The van der Waals surface area contributed by atoms with E-state index in [-0.39, 0.29) is 30.9 Å². The second-order valence-corrected chi connectivity index (χ2v) is 6.41. The minimum atomic E-state index is -0.339. The molecule has 27 heavy (non-hydrogen) atoms. The highest BCUT2D eigenvalue weighted by Gasteiger charge is 2.34. The van der Waals surface area contributed by atoms with Crippen molar-refractivity contribution < 1.29 is 23.2 Å². The van der Waals surface area contributed by atoms with Crippen LogP contribution in [0.1, 0.15) is 18.2 Å². The lowest BCUT2D eigenvalue weighted by Gasteiger charge is -2.15. The summed E-state index contributed by atoms with van der Waals surface area (Å²) in [5.41, 5.74) is 1.38. The fraction of sp³-hybridized carbons (Fsp3) is 0.211. The highest BCUT2D eigenvalue weighted by atomic mass is 19.1. The first-order chi connectivity index (χ1) is 13.2. The van der Waals surface area contributed by atoms with Gasteiger partial charge in [0.15, 0.2) is 17.3 Å². The maximum atomic E-state index is 13.1. The van der Waals surface area contributed by atoms with Crippen LogP contribution >= 0.6 is 0 Å². The number of rotatable bonds is 3. The Bertz CT molecular complexity index is 1020. The summed E-state index contributed by atoms with van der Waals surface area (Å²) in [4.78, 5) is 18.4. The summed E-state index contributed by atoms with van der Waals surface area (Å²) >= 11 is 0. The van der Waals surface area contributed by atoms with Gasteiger partial charge in [0.25, 0.3) is 5.89 Å². The van der Waals surface area contributed by atoms with Crippen molar-refractivity contribution in [1.29, 1.82) is 0 Å². The van der Waals surface area contributed by atoms with Crippen molar-refractivity contribution in [2.24, 2.45) is 0 Å². The summed E-state index contributed by atoms with van der Waals surface area (Å²) in [6.07, 6.45) is 0.275. The smallest absolute Gasteiger partial charge is 0.258 e. The number of amides is 1. The number of nitrogens with zero attached hydrogens (tertiary/aromatic N) is 3. The van der Waals surface area contributed by atoms with E-state index in [9.17, 15) is 9.18 Å². The lowest BCUT2D eigenvalue weighted by Crippen LogP contribution is -2.24. The molecular formula is C19H14FN3O4. The molecule has 1 fully saturated rings. The number of anilines is 1. The van der Waals surface area contributed by atoms with E-state index >= 15 is 0 Å². The molecule has 1 atom stereocenters. The minimum absolute atomic E-state index is 0.0546. The largest absolute Gasteiger partial charge is 0.454 e. The quantitative estimate of drug-likeness (QED) is 0.708. The summed E-state index contributed by atoms with van der Waals surface area (Å²) < 4.78 is 29.1. The number of aromatic nitrogens is 2. The SMILES string of the molecule is O=C1CC(c2noc(-c3ccc4c(c3)OCO4)n2)CN1c1ccc(F)cc1. The van der Waals surface area contributed by atoms with Crippen molar-refractivity contribution in [2.75, 3.05) is 18.2 Å². The van der Waals surface area contributed by atoms with E-state index in [4.69, 9.17) is 14.0 Å². The average Bonchev–Trinajstić information content (AvgIpc) is 3.41.